The maximum absolute atomic E-state index is 11.1. The zero-order valence-electron chi connectivity index (χ0n) is 9.17. The van der Waals surface area contributed by atoms with Gasteiger partial charge in [0.25, 0.3) is 5.69 Å². The Morgan fingerprint density at radius 3 is 2.82 bits per heavy atom. The summed E-state index contributed by atoms with van der Waals surface area (Å²) in [5, 5.41) is 22.1. The summed E-state index contributed by atoms with van der Waals surface area (Å²) in [4.78, 5) is 21.7. The van der Waals surface area contributed by atoms with Crippen molar-refractivity contribution >= 4 is 23.4 Å². The highest BCUT2D eigenvalue weighted by atomic mass is 32.2. The average molecular weight is 256 g/mol. The Balaban J connectivity index is 2.85. The van der Waals surface area contributed by atoms with E-state index in [2.05, 4.69) is 5.32 Å². The molecule has 0 bridgehead atoms. The average Bonchev–Trinajstić information content (AvgIpc) is 2.35. The molecular weight excluding hydrogens is 244 g/mol. The molecule has 0 aromatic heterocycles. The molecule has 1 aromatic rings. The minimum atomic E-state index is -0.521. The second-order valence-corrected chi connectivity index (χ2v) is 4.19. The monoisotopic (exact) mass is 256 g/mol. The van der Waals surface area contributed by atoms with Crippen molar-refractivity contribution in [3.8, 4) is 0 Å². The van der Waals surface area contributed by atoms with Crippen LogP contribution >= 0.6 is 11.8 Å². The first-order valence-corrected chi connectivity index (χ1v) is 5.78. The zero-order valence-corrected chi connectivity index (χ0v) is 9.99. The van der Waals surface area contributed by atoms with Crippen LogP contribution in [-0.4, -0.2) is 28.7 Å². The van der Waals surface area contributed by atoms with Crippen LogP contribution in [0.2, 0.25) is 0 Å². The third kappa shape index (κ3) is 3.72. The Morgan fingerprint density at radius 2 is 2.29 bits per heavy atom. The molecule has 0 unspecified atom stereocenters. The van der Waals surface area contributed by atoms with Gasteiger partial charge in [-0.3, -0.25) is 14.9 Å². The van der Waals surface area contributed by atoms with Gasteiger partial charge in [-0.15, -0.1) is 11.8 Å². The van der Waals surface area contributed by atoms with Gasteiger partial charge in [0, 0.05) is 24.1 Å². The van der Waals surface area contributed by atoms with Crippen molar-refractivity contribution in [2.24, 2.45) is 0 Å². The summed E-state index contributed by atoms with van der Waals surface area (Å²) in [5.74, 6) is 0.0682. The van der Waals surface area contributed by atoms with Crippen molar-refractivity contribution in [2.45, 2.75) is 11.5 Å². The number of non-ortho nitro benzene ring substituents is 1. The number of rotatable bonds is 5. The van der Waals surface area contributed by atoms with Crippen molar-refractivity contribution in [2.75, 3.05) is 12.8 Å². The fourth-order valence-corrected chi connectivity index (χ4v) is 2.06. The van der Waals surface area contributed by atoms with E-state index in [1.54, 1.807) is 0 Å². The molecule has 1 amide bonds. The molecule has 0 fully saturated rings. The number of carbonyl (C=O) groups excluding carboxylic acids is 1. The molecule has 0 aliphatic carbocycles. The summed E-state index contributed by atoms with van der Waals surface area (Å²) in [6, 6.07) is 4.20. The molecule has 92 valence electrons. The summed E-state index contributed by atoms with van der Waals surface area (Å²) in [7, 11) is 1.53. The SMILES string of the molecule is CNC(=O)CSc1ccc([N+](=O)[O-])cc1CO. The molecule has 0 radical (unpaired) electrons. The molecule has 0 saturated heterocycles. The standard InChI is InChI=1S/C10H12N2O4S/c1-11-10(14)6-17-9-3-2-8(12(15)16)4-7(9)5-13/h2-4,13H,5-6H2,1H3,(H,11,14). The Hall–Kier alpha value is -1.60. The van der Waals surface area contributed by atoms with Crippen LogP contribution in [0.25, 0.3) is 0 Å². The summed E-state index contributed by atoms with van der Waals surface area (Å²) in [5.41, 5.74) is 0.381. The topological polar surface area (TPSA) is 92.5 Å². The molecule has 0 aliphatic rings. The number of aliphatic hydroxyl groups is 1. The predicted molar refractivity (Wildman–Crippen MR) is 63.8 cm³/mol. The van der Waals surface area contributed by atoms with E-state index >= 15 is 0 Å². The number of nitro benzene ring substituents is 1. The van der Waals surface area contributed by atoms with Crippen molar-refractivity contribution < 1.29 is 14.8 Å². The number of nitrogens with one attached hydrogen (secondary N) is 1. The lowest BCUT2D eigenvalue weighted by Crippen LogP contribution is -2.19. The molecule has 7 heteroatoms. The fourth-order valence-electron chi connectivity index (χ4n) is 1.16. The summed E-state index contributed by atoms with van der Waals surface area (Å²) >= 11 is 1.23. The van der Waals surface area contributed by atoms with Crippen molar-refractivity contribution in [1.82, 2.24) is 5.32 Å². The molecule has 0 heterocycles. The summed E-state index contributed by atoms with van der Waals surface area (Å²) in [6.45, 7) is -0.294. The van der Waals surface area contributed by atoms with E-state index in [1.165, 1.54) is 37.0 Å². The third-order valence-electron chi connectivity index (χ3n) is 2.06. The summed E-state index contributed by atoms with van der Waals surface area (Å²) in [6.07, 6.45) is 0. The van der Waals surface area contributed by atoms with Gasteiger partial charge in [-0.1, -0.05) is 0 Å². The Kier molecular flexibility index (Phi) is 4.92. The molecule has 1 aromatic carbocycles. The fraction of sp³-hybridized carbons (Fsp3) is 0.300. The highest BCUT2D eigenvalue weighted by Gasteiger charge is 2.11. The van der Waals surface area contributed by atoms with Crippen LogP contribution in [-0.2, 0) is 11.4 Å². The Morgan fingerprint density at radius 1 is 1.59 bits per heavy atom. The maximum Gasteiger partial charge on any atom is 0.269 e. The van der Waals surface area contributed by atoms with Gasteiger partial charge in [0.1, 0.15) is 0 Å². The molecular formula is C10H12N2O4S. The van der Waals surface area contributed by atoms with Crippen LogP contribution in [0.1, 0.15) is 5.56 Å². The van der Waals surface area contributed by atoms with Gasteiger partial charge in [0.2, 0.25) is 5.91 Å². The first-order valence-electron chi connectivity index (χ1n) is 4.80. The lowest BCUT2D eigenvalue weighted by atomic mass is 10.2. The van der Waals surface area contributed by atoms with Crippen LogP contribution < -0.4 is 5.32 Å². The van der Waals surface area contributed by atoms with Gasteiger partial charge in [-0.05, 0) is 11.6 Å². The van der Waals surface area contributed by atoms with Gasteiger partial charge in [-0.25, -0.2) is 0 Å². The number of aliphatic hydroxyl groups excluding tert-OH is 1. The van der Waals surface area contributed by atoms with Crippen molar-refractivity contribution in [3.05, 3.63) is 33.9 Å². The molecule has 0 aliphatic heterocycles. The largest absolute Gasteiger partial charge is 0.392 e. The number of hydrogen-bond donors (Lipinski definition) is 2. The van der Waals surface area contributed by atoms with E-state index < -0.39 is 4.92 Å². The highest BCUT2D eigenvalue weighted by molar-refractivity contribution is 8.00. The number of thioether (sulfide) groups is 1. The Bertz CT molecular complexity index is 436. The first kappa shape index (κ1) is 13.5. The zero-order chi connectivity index (χ0) is 12.8. The molecule has 0 atom stereocenters. The number of nitro groups is 1. The second-order valence-electron chi connectivity index (χ2n) is 3.17. The molecule has 17 heavy (non-hydrogen) atoms. The number of nitrogens with zero attached hydrogens (tertiary/aromatic N) is 1. The lowest BCUT2D eigenvalue weighted by Gasteiger charge is -2.06. The smallest absolute Gasteiger partial charge is 0.269 e. The van der Waals surface area contributed by atoms with Gasteiger partial charge in [0.15, 0.2) is 0 Å². The second kappa shape index (κ2) is 6.21. The quantitative estimate of drug-likeness (QED) is 0.464. The summed E-state index contributed by atoms with van der Waals surface area (Å²) < 4.78 is 0. The predicted octanol–water partition coefficient (Wildman–Crippen LogP) is 0.925. The van der Waals surface area contributed by atoms with Gasteiger partial charge < -0.3 is 10.4 Å². The van der Waals surface area contributed by atoms with E-state index in [0.29, 0.717) is 10.5 Å². The molecule has 6 nitrogen and oxygen atoms in total. The van der Waals surface area contributed by atoms with Crippen molar-refractivity contribution in [3.63, 3.8) is 0 Å². The molecule has 2 N–H and O–H groups in total. The molecule has 1 rings (SSSR count). The van der Waals surface area contributed by atoms with E-state index in [1.807, 2.05) is 0 Å². The van der Waals surface area contributed by atoms with E-state index in [9.17, 15) is 14.9 Å². The van der Waals surface area contributed by atoms with Crippen LogP contribution in [0.4, 0.5) is 5.69 Å². The lowest BCUT2D eigenvalue weighted by molar-refractivity contribution is -0.385. The van der Waals surface area contributed by atoms with Gasteiger partial charge in [-0.2, -0.15) is 0 Å². The number of carbonyl (C=O) groups is 1. The minimum absolute atomic E-state index is 0.0710. The van der Waals surface area contributed by atoms with E-state index in [4.69, 9.17) is 5.11 Å². The van der Waals surface area contributed by atoms with Crippen LogP contribution in [0.5, 0.6) is 0 Å². The van der Waals surface area contributed by atoms with Crippen molar-refractivity contribution in [1.29, 1.82) is 0 Å². The maximum atomic E-state index is 11.1. The number of benzene rings is 1. The first-order chi connectivity index (χ1) is 8.08. The molecule has 0 saturated carbocycles. The van der Waals surface area contributed by atoms with E-state index in [0.717, 1.165) is 0 Å². The van der Waals surface area contributed by atoms with Gasteiger partial charge in [0.05, 0.1) is 17.3 Å². The molecule has 0 spiro atoms. The van der Waals surface area contributed by atoms with E-state index in [-0.39, 0.29) is 24.0 Å². The number of hydrogen-bond acceptors (Lipinski definition) is 5. The third-order valence-corrected chi connectivity index (χ3v) is 3.18. The van der Waals surface area contributed by atoms with Crippen LogP contribution in [0.15, 0.2) is 23.1 Å². The highest BCUT2D eigenvalue weighted by Crippen LogP contribution is 2.26. The Labute approximate surface area is 102 Å². The van der Waals surface area contributed by atoms with Gasteiger partial charge >= 0.3 is 0 Å². The number of amides is 1. The minimum Gasteiger partial charge on any atom is -0.392 e. The van der Waals surface area contributed by atoms with Crippen LogP contribution in [0, 0.1) is 10.1 Å². The van der Waals surface area contributed by atoms with Crippen LogP contribution in [0.3, 0.4) is 0 Å². The normalized spacial score (nSPS) is 10.0.